The van der Waals surface area contributed by atoms with E-state index in [1.807, 2.05) is 0 Å². The number of carbonyl (C=O) groups excluding carboxylic acids is 3. The lowest BCUT2D eigenvalue weighted by molar-refractivity contribution is -0.344. The van der Waals surface area contributed by atoms with Crippen LogP contribution in [0.3, 0.4) is 0 Å². The molecule has 5 rings (SSSR count). The maximum atomic E-state index is 13.7. The Morgan fingerprint density at radius 1 is 1.10 bits per heavy atom. The van der Waals surface area contributed by atoms with Gasteiger partial charge in [-0.25, -0.2) is 9.59 Å². The zero-order valence-corrected chi connectivity index (χ0v) is 21.5. The van der Waals surface area contributed by atoms with Gasteiger partial charge in [0.15, 0.2) is 0 Å². The van der Waals surface area contributed by atoms with Crippen molar-refractivity contribution in [3.63, 3.8) is 0 Å². The van der Waals surface area contributed by atoms with E-state index in [1.165, 1.54) is 23.6 Å². The molecule has 3 amide bonds. The van der Waals surface area contributed by atoms with E-state index >= 15 is 0 Å². The van der Waals surface area contributed by atoms with Crippen LogP contribution < -0.4 is 5.69 Å². The number of carbonyl (C=O) groups is 3. The van der Waals surface area contributed by atoms with Crippen LogP contribution in [0.5, 0.6) is 0 Å². The summed E-state index contributed by atoms with van der Waals surface area (Å²) < 4.78 is 49.8. The Bertz CT molecular complexity index is 1610. The normalized spacial score (nSPS) is 18.1. The Kier molecular flexibility index (Phi) is 6.44. The second-order valence-corrected chi connectivity index (χ2v) is 9.66. The van der Waals surface area contributed by atoms with Crippen molar-refractivity contribution < 1.29 is 36.9 Å². The van der Waals surface area contributed by atoms with Crippen molar-refractivity contribution in [2.75, 3.05) is 6.61 Å². The second-order valence-electron chi connectivity index (χ2n) is 9.66. The van der Waals surface area contributed by atoms with Crippen LogP contribution in [-0.2, 0) is 34.1 Å². The minimum absolute atomic E-state index is 0.0131. The number of rotatable bonds is 6. The SMILES string of the molecule is CCOC(=O)C1C=[N+](c2ccc3c(c2)n(C2CC2)c(=O)n3C)C(=O)N(Cc2cccc(C(F)(F)F)c2C)C1=O. The van der Waals surface area contributed by atoms with Crippen LogP contribution in [0, 0.1) is 12.8 Å². The monoisotopic (exact) mass is 543 g/mol. The van der Waals surface area contributed by atoms with E-state index in [2.05, 4.69) is 0 Å². The summed E-state index contributed by atoms with van der Waals surface area (Å²) in [4.78, 5) is 53.2. The molecule has 1 aliphatic heterocycles. The molecule has 1 aliphatic carbocycles. The number of imidazole rings is 1. The predicted octanol–water partition coefficient (Wildman–Crippen LogP) is 4.06. The third kappa shape index (κ3) is 4.53. The first-order valence-electron chi connectivity index (χ1n) is 12.5. The van der Waals surface area contributed by atoms with E-state index in [0.29, 0.717) is 16.7 Å². The standard InChI is InChI=1S/C27H26F3N4O5/c1-4-39-24(36)19-14-32(18-10-11-21-22(12-18)34(17-8-9-17)25(37)31(21)3)26(38)33(23(19)35)13-16-6-5-7-20(15(16)2)27(28,29)30/h5-7,10-12,14,17,19H,4,8-9,13H2,1-3H3/q+1. The minimum atomic E-state index is -4.62. The van der Waals surface area contributed by atoms with Crippen LogP contribution in [0.15, 0.2) is 41.2 Å². The summed E-state index contributed by atoms with van der Waals surface area (Å²) in [5, 5.41) is 0. The summed E-state index contributed by atoms with van der Waals surface area (Å²) in [6.45, 7) is 2.34. The lowest BCUT2D eigenvalue weighted by Gasteiger charge is -2.24. The summed E-state index contributed by atoms with van der Waals surface area (Å²) in [7, 11) is 1.65. The number of hydrogen-bond donors (Lipinski definition) is 0. The highest BCUT2D eigenvalue weighted by atomic mass is 19.4. The Morgan fingerprint density at radius 3 is 2.46 bits per heavy atom. The maximum Gasteiger partial charge on any atom is 0.505 e. The number of urea groups is 1. The number of amides is 3. The van der Waals surface area contributed by atoms with Crippen molar-refractivity contribution in [1.82, 2.24) is 14.0 Å². The van der Waals surface area contributed by atoms with Gasteiger partial charge in [-0.3, -0.25) is 13.9 Å². The molecule has 204 valence electrons. The Balaban J connectivity index is 1.60. The average Bonchev–Trinajstić information content (AvgIpc) is 3.68. The highest BCUT2D eigenvalue weighted by molar-refractivity contribution is 6.16. The number of benzene rings is 2. The topological polar surface area (TPSA) is 93.6 Å². The number of aryl methyl sites for hydroxylation is 1. The van der Waals surface area contributed by atoms with E-state index in [4.69, 9.17) is 4.74 Å². The van der Waals surface area contributed by atoms with Gasteiger partial charge in [0, 0.05) is 19.2 Å². The molecule has 1 aromatic heterocycles. The molecule has 1 atom stereocenters. The molecule has 3 aromatic rings. The molecule has 39 heavy (non-hydrogen) atoms. The fourth-order valence-electron chi connectivity index (χ4n) is 4.93. The first-order valence-corrected chi connectivity index (χ1v) is 12.5. The van der Waals surface area contributed by atoms with Crippen LogP contribution >= 0.6 is 0 Å². The number of alkyl halides is 3. The van der Waals surface area contributed by atoms with E-state index in [1.54, 1.807) is 36.7 Å². The van der Waals surface area contributed by atoms with Gasteiger partial charge in [0.1, 0.15) is 18.4 Å². The molecule has 1 fully saturated rings. The zero-order chi connectivity index (χ0) is 28.2. The average molecular weight is 544 g/mol. The van der Waals surface area contributed by atoms with Gasteiger partial charge in [-0.2, -0.15) is 27.4 Å². The fourth-order valence-corrected chi connectivity index (χ4v) is 4.93. The van der Waals surface area contributed by atoms with E-state index < -0.39 is 42.1 Å². The quantitative estimate of drug-likeness (QED) is 0.266. The molecule has 2 aromatic carbocycles. The molecule has 0 radical (unpaired) electrons. The molecular formula is C27H26F3N4O5+. The van der Waals surface area contributed by atoms with Crippen molar-refractivity contribution in [1.29, 1.82) is 0 Å². The number of hydrogen-bond acceptors (Lipinski definition) is 5. The summed E-state index contributed by atoms with van der Waals surface area (Å²) in [6.07, 6.45) is -1.77. The molecule has 0 N–H and O–H groups in total. The maximum absolute atomic E-state index is 13.7. The molecule has 1 saturated carbocycles. The van der Waals surface area contributed by atoms with Crippen molar-refractivity contribution in [3.05, 3.63) is 63.6 Å². The van der Waals surface area contributed by atoms with Crippen LogP contribution in [0.1, 0.15) is 42.5 Å². The molecule has 12 heteroatoms. The fraction of sp³-hybridized carbons (Fsp3) is 0.370. The van der Waals surface area contributed by atoms with Gasteiger partial charge in [0.25, 0.3) is 0 Å². The van der Waals surface area contributed by atoms with Crippen molar-refractivity contribution in [2.24, 2.45) is 13.0 Å². The van der Waals surface area contributed by atoms with Gasteiger partial charge >= 0.3 is 29.8 Å². The molecule has 0 spiro atoms. The lowest BCUT2D eigenvalue weighted by Crippen LogP contribution is -2.52. The molecule has 9 nitrogen and oxygen atoms in total. The van der Waals surface area contributed by atoms with Crippen LogP contribution in [0.25, 0.3) is 11.0 Å². The van der Waals surface area contributed by atoms with E-state index in [-0.39, 0.29) is 29.5 Å². The number of aromatic nitrogens is 2. The third-order valence-electron chi connectivity index (χ3n) is 7.15. The molecule has 0 saturated heterocycles. The lowest BCUT2D eigenvalue weighted by atomic mass is 10.0. The number of nitrogens with zero attached hydrogens (tertiary/aromatic N) is 4. The van der Waals surface area contributed by atoms with Crippen molar-refractivity contribution in [3.8, 4) is 0 Å². The van der Waals surface area contributed by atoms with E-state index in [9.17, 15) is 32.3 Å². The summed E-state index contributed by atoms with van der Waals surface area (Å²) in [6, 6.07) is 7.63. The van der Waals surface area contributed by atoms with Crippen molar-refractivity contribution in [2.45, 2.75) is 45.5 Å². The largest absolute Gasteiger partial charge is 0.505 e. The molecule has 0 bridgehead atoms. The zero-order valence-electron chi connectivity index (χ0n) is 21.5. The van der Waals surface area contributed by atoms with Crippen LogP contribution in [0.2, 0.25) is 0 Å². The van der Waals surface area contributed by atoms with Gasteiger partial charge in [-0.1, -0.05) is 12.1 Å². The number of imide groups is 1. The number of halogens is 3. The molecule has 2 aliphatic rings. The Labute approximate surface area is 220 Å². The van der Waals surface area contributed by atoms with Gasteiger partial charge in [-0.05, 0) is 56.0 Å². The van der Waals surface area contributed by atoms with Gasteiger partial charge in [0.2, 0.25) is 5.92 Å². The predicted molar refractivity (Wildman–Crippen MR) is 134 cm³/mol. The Hall–Kier alpha value is -4.22. The smallest absolute Gasteiger partial charge is 0.465 e. The third-order valence-corrected chi connectivity index (χ3v) is 7.15. The Morgan fingerprint density at radius 2 is 1.82 bits per heavy atom. The summed E-state index contributed by atoms with van der Waals surface area (Å²) in [5.74, 6) is -3.28. The summed E-state index contributed by atoms with van der Waals surface area (Å²) >= 11 is 0. The number of fused-ring (bicyclic) bond motifs is 1. The van der Waals surface area contributed by atoms with E-state index in [0.717, 1.165) is 34.6 Å². The first kappa shape index (κ1) is 26.4. The molecular weight excluding hydrogens is 517 g/mol. The number of ether oxygens (including phenoxy) is 1. The second kappa shape index (κ2) is 9.51. The van der Waals surface area contributed by atoms with Gasteiger partial charge < -0.3 is 4.74 Å². The van der Waals surface area contributed by atoms with Crippen molar-refractivity contribution >= 4 is 40.8 Å². The highest BCUT2D eigenvalue weighted by Crippen LogP contribution is 2.37. The molecule has 2 heterocycles. The summed E-state index contributed by atoms with van der Waals surface area (Å²) in [5.41, 5.74) is 0.438. The van der Waals surface area contributed by atoms with Gasteiger partial charge in [0.05, 0.1) is 23.2 Å². The first-order chi connectivity index (χ1) is 18.4. The minimum Gasteiger partial charge on any atom is -0.465 e. The molecule has 1 unspecified atom stereocenters. The van der Waals surface area contributed by atoms with Crippen LogP contribution in [0.4, 0.5) is 23.7 Å². The van der Waals surface area contributed by atoms with Gasteiger partial charge in [-0.15, -0.1) is 0 Å². The highest BCUT2D eigenvalue weighted by Gasteiger charge is 2.48. The number of esters is 1. The van der Waals surface area contributed by atoms with Crippen LogP contribution in [-0.4, -0.2) is 49.3 Å².